The number of aliphatic hydroxyl groups excluding tert-OH is 1. The Hall–Kier alpha value is -1.28. The van der Waals surface area contributed by atoms with Crippen molar-refractivity contribution < 1.29 is 40.6 Å². The highest BCUT2D eigenvalue weighted by molar-refractivity contribution is 5.96. The molecule has 0 aliphatic heterocycles. The van der Waals surface area contributed by atoms with Crippen LogP contribution < -0.4 is 0 Å². The van der Waals surface area contributed by atoms with Gasteiger partial charge in [-0.2, -0.15) is 30.7 Å². The molecule has 9 heteroatoms. The monoisotopic (exact) mass is 294 g/mol. The van der Waals surface area contributed by atoms with Gasteiger partial charge < -0.3 is 5.11 Å². The number of carbonyl (C=O) groups is 1. The molecule has 1 fully saturated rings. The van der Waals surface area contributed by atoms with Gasteiger partial charge in [0.05, 0.1) is 0 Å². The number of carbonyl (C=O) groups excluding carboxylic acids is 1. The first kappa shape index (κ1) is 15.8. The van der Waals surface area contributed by atoms with Gasteiger partial charge in [0, 0.05) is 12.0 Å². The number of rotatable bonds is 2. The lowest BCUT2D eigenvalue weighted by Gasteiger charge is -2.29. The Labute approximate surface area is 102 Å². The molecule has 0 aromatic rings. The van der Waals surface area contributed by atoms with Crippen molar-refractivity contribution in [1.29, 1.82) is 0 Å². The van der Waals surface area contributed by atoms with E-state index in [1.807, 2.05) is 0 Å². The molecule has 0 amide bonds. The maximum atomic E-state index is 13.1. The van der Waals surface area contributed by atoms with Crippen LogP contribution in [0, 0.1) is 0 Å². The van der Waals surface area contributed by atoms with Gasteiger partial charge in [-0.15, -0.1) is 0 Å². The largest absolute Gasteiger partial charge is 0.506 e. The predicted octanol–water partition coefficient (Wildman–Crippen LogP) is 3.77. The minimum Gasteiger partial charge on any atom is -0.506 e. The summed E-state index contributed by atoms with van der Waals surface area (Å²) in [7, 11) is 0. The number of hydrogen-bond donors (Lipinski definition) is 1. The molecule has 0 aromatic heterocycles. The number of aliphatic hydroxyl groups is 1. The average molecular weight is 294 g/mol. The van der Waals surface area contributed by atoms with Gasteiger partial charge in [-0.3, -0.25) is 4.79 Å². The summed E-state index contributed by atoms with van der Waals surface area (Å²) in [5.41, 5.74) is -1.06. The third-order valence-electron chi connectivity index (χ3n) is 2.75. The van der Waals surface area contributed by atoms with Crippen LogP contribution in [0.3, 0.4) is 0 Å². The molecule has 19 heavy (non-hydrogen) atoms. The number of halogens is 7. The molecule has 0 heterocycles. The molecule has 1 aliphatic carbocycles. The van der Waals surface area contributed by atoms with Gasteiger partial charge in [0.25, 0.3) is 0 Å². The van der Waals surface area contributed by atoms with Crippen molar-refractivity contribution in [1.82, 2.24) is 0 Å². The van der Waals surface area contributed by atoms with Crippen LogP contribution in [0.5, 0.6) is 0 Å². The van der Waals surface area contributed by atoms with E-state index in [9.17, 15) is 35.5 Å². The molecular formula is C10H9F7O2. The fourth-order valence-electron chi connectivity index (χ4n) is 1.64. The van der Waals surface area contributed by atoms with Crippen LogP contribution in [0.1, 0.15) is 25.7 Å². The lowest BCUT2D eigenvalue weighted by atomic mass is 9.90. The molecule has 0 unspecified atom stereocenters. The highest BCUT2D eigenvalue weighted by Crippen LogP contribution is 2.50. The van der Waals surface area contributed by atoms with Crippen molar-refractivity contribution >= 4 is 5.78 Å². The zero-order valence-corrected chi connectivity index (χ0v) is 9.33. The summed E-state index contributed by atoms with van der Waals surface area (Å²) in [6, 6.07) is 0. The molecule has 0 aromatic carbocycles. The maximum absolute atomic E-state index is 13.1. The summed E-state index contributed by atoms with van der Waals surface area (Å²) in [6.45, 7) is 0. The zero-order chi connectivity index (χ0) is 15.1. The van der Waals surface area contributed by atoms with E-state index in [0.717, 1.165) is 0 Å². The molecule has 0 bridgehead atoms. The smallest absolute Gasteiger partial charge is 0.460 e. The average Bonchev–Trinajstić information content (AvgIpc) is 2.27. The summed E-state index contributed by atoms with van der Waals surface area (Å²) >= 11 is 0. The third kappa shape index (κ3) is 2.55. The third-order valence-corrected chi connectivity index (χ3v) is 2.75. The van der Waals surface area contributed by atoms with Crippen LogP contribution in [0.2, 0.25) is 0 Å². The van der Waals surface area contributed by atoms with E-state index in [4.69, 9.17) is 5.11 Å². The summed E-state index contributed by atoms with van der Waals surface area (Å²) in [5, 5.41) is 9.00. The second kappa shape index (κ2) is 4.68. The SMILES string of the molecule is O=C1CCCCC1=C(O)C(F)(F)C(F)(F)C(F)(F)F. The van der Waals surface area contributed by atoms with Crippen LogP contribution in [0.15, 0.2) is 11.3 Å². The molecule has 1 N–H and O–H groups in total. The highest BCUT2D eigenvalue weighted by Gasteiger charge is 2.75. The molecule has 1 saturated carbocycles. The van der Waals surface area contributed by atoms with E-state index < -0.39 is 41.6 Å². The van der Waals surface area contributed by atoms with Gasteiger partial charge >= 0.3 is 18.0 Å². The van der Waals surface area contributed by atoms with Gasteiger partial charge in [-0.1, -0.05) is 0 Å². The Balaban J connectivity index is 3.26. The number of allylic oxidation sites excluding steroid dienone is 2. The summed E-state index contributed by atoms with van der Waals surface area (Å²) in [6.07, 6.45) is -6.81. The van der Waals surface area contributed by atoms with Crippen LogP contribution in [0.4, 0.5) is 30.7 Å². The number of ketones is 1. The van der Waals surface area contributed by atoms with Crippen LogP contribution >= 0.6 is 0 Å². The molecule has 0 saturated heterocycles. The predicted molar refractivity (Wildman–Crippen MR) is 49.1 cm³/mol. The van der Waals surface area contributed by atoms with Crippen molar-refractivity contribution in [3.8, 4) is 0 Å². The molecule has 0 spiro atoms. The van der Waals surface area contributed by atoms with Gasteiger partial charge in [-0.05, 0) is 19.3 Å². The second-order valence-corrected chi connectivity index (χ2v) is 4.10. The molecule has 2 nitrogen and oxygen atoms in total. The first-order valence-electron chi connectivity index (χ1n) is 5.21. The lowest BCUT2D eigenvalue weighted by molar-refractivity contribution is -0.349. The quantitative estimate of drug-likeness (QED) is 0.478. The van der Waals surface area contributed by atoms with Crippen LogP contribution in [-0.2, 0) is 4.79 Å². The van der Waals surface area contributed by atoms with Gasteiger partial charge in [0.1, 0.15) is 0 Å². The van der Waals surface area contributed by atoms with Crippen molar-refractivity contribution in [2.24, 2.45) is 0 Å². The standard InChI is InChI=1S/C10H9F7O2/c11-8(12,9(13,14)10(15,16)17)7(19)5-3-1-2-4-6(5)18/h19H,1-4H2. The Morgan fingerprint density at radius 1 is 0.947 bits per heavy atom. The van der Waals surface area contributed by atoms with E-state index in [1.54, 1.807) is 0 Å². The summed E-state index contributed by atoms with van der Waals surface area (Å²) in [4.78, 5) is 11.2. The maximum Gasteiger partial charge on any atom is 0.460 e. The van der Waals surface area contributed by atoms with E-state index in [-0.39, 0.29) is 12.8 Å². The van der Waals surface area contributed by atoms with Crippen molar-refractivity contribution in [2.45, 2.75) is 43.7 Å². The number of hydrogen-bond acceptors (Lipinski definition) is 2. The van der Waals surface area contributed by atoms with Gasteiger partial charge in [0.2, 0.25) is 0 Å². The topological polar surface area (TPSA) is 37.3 Å². The second-order valence-electron chi connectivity index (χ2n) is 4.10. The van der Waals surface area contributed by atoms with Crippen LogP contribution in [0.25, 0.3) is 0 Å². The summed E-state index contributed by atoms with van der Waals surface area (Å²) < 4.78 is 87.3. The van der Waals surface area contributed by atoms with Gasteiger partial charge in [0.15, 0.2) is 11.5 Å². The first-order chi connectivity index (χ1) is 8.43. The Morgan fingerprint density at radius 3 is 1.84 bits per heavy atom. The zero-order valence-electron chi connectivity index (χ0n) is 9.33. The van der Waals surface area contributed by atoms with Crippen molar-refractivity contribution in [3.63, 3.8) is 0 Å². The Bertz CT molecular complexity index is 409. The van der Waals surface area contributed by atoms with E-state index >= 15 is 0 Å². The van der Waals surface area contributed by atoms with Crippen LogP contribution in [-0.4, -0.2) is 28.9 Å². The molecule has 110 valence electrons. The molecule has 1 rings (SSSR count). The van der Waals surface area contributed by atoms with Crippen molar-refractivity contribution in [2.75, 3.05) is 0 Å². The summed E-state index contributed by atoms with van der Waals surface area (Å²) in [5.74, 6) is -15.8. The lowest BCUT2D eigenvalue weighted by Crippen LogP contribution is -2.53. The van der Waals surface area contributed by atoms with Gasteiger partial charge in [-0.25, -0.2) is 0 Å². The highest BCUT2D eigenvalue weighted by atomic mass is 19.4. The molecular weight excluding hydrogens is 285 g/mol. The van der Waals surface area contributed by atoms with E-state index in [2.05, 4.69) is 0 Å². The number of Topliss-reactive ketones (excluding diaryl/α,β-unsaturated/α-hetero) is 1. The number of alkyl halides is 7. The Kier molecular flexibility index (Phi) is 3.88. The molecule has 0 atom stereocenters. The molecule has 0 radical (unpaired) electrons. The molecule has 1 aliphatic rings. The minimum absolute atomic E-state index is 0.152. The van der Waals surface area contributed by atoms with E-state index in [1.165, 1.54) is 0 Å². The fraction of sp³-hybridized carbons (Fsp3) is 0.700. The Morgan fingerprint density at radius 2 is 1.42 bits per heavy atom. The van der Waals surface area contributed by atoms with E-state index in [0.29, 0.717) is 6.42 Å². The minimum atomic E-state index is -6.54. The fourth-order valence-corrected chi connectivity index (χ4v) is 1.64. The normalized spacial score (nSPS) is 21.5. The van der Waals surface area contributed by atoms with Crippen molar-refractivity contribution in [3.05, 3.63) is 11.3 Å². The first-order valence-corrected chi connectivity index (χ1v) is 5.21.